The minimum Gasteiger partial charge on any atom is -0.490 e. The second kappa shape index (κ2) is 9.04. The third-order valence-electron chi connectivity index (χ3n) is 4.21. The van der Waals surface area contributed by atoms with Gasteiger partial charge >= 0.3 is 5.97 Å². The first-order valence-electron chi connectivity index (χ1n) is 8.87. The van der Waals surface area contributed by atoms with Crippen LogP contribution in [0, 0.1) is 0 Å². The number of carbonyl (C=O) groups is 2. The summed E-state index contributed by atoms with van der Waals surface area (Å²) in [6.45, 7) is 0.649. The van der Waals surface area contributed by atoms with Crippen molar-refractivity contribution in [1.29, 1.82) is 0 Å². The van der Waals surface area contributed by atoms with Crippen molar-refractivity contribution < 1.29 is 23.8 Å². The monoisotopic (exact) mass is 354 g/mol. The molecule has 0 heterocycles. The number of esters is 1. The minimum atomic E-state index is -0.634. The lowest BCUT2D eigenvalue weighted by Crippen LogP contribution is -2.30. The zero-order valence-electron chi connectivity index (χ0n) is 14.6. The average molecular weight is 354 g/mol. The number of hydrogen-bond acceptors (Lipinski definition) is 5. The molecule has 1 aliphatic carbocycles. The zero-order valence-corrected chi connectivity index (χ0v) is 14.6. The Morgan fingerprint density at radius 2 is 1.65 bits per heavy atom. The van der Waals surface area contributed by atoms with Crippen LogP contribution in [0.4, 0.5) is 0 Å². The van der Waals surface area contributed by atoms with E-state index in [-0.39, 0.29) is 5.78 Å². The summed E-state index contributed by atoms with van der Waals surface area (Å²) in [5, 5.41) is 0. The van der Waals surface area contributed by atoms with Crippen molar-refractivity contribution in [1.82, 2.24) is 0 Å². The highest BCUT2D eigenvalue weighted by atomic mass is 16.6. The summed E-state index contributed by atoms with van der Waals surface area (Å²) in [7, 11) is 0. The van der Waals surface area contributed by atoms with E-state index in [9.17, 15) is 9.59 Å². The quantitative estimate of drug-likeness (QED) is 0.559. The van der Waals surface area contributed by atoms with E-state index in [0.29, 0.717) is 37.4 Å². The molecule has 0 aliphatic heterocycles. The standard InChI is InChI=1S/C21H22O5/c22-18-11-5-7-13-20(18)26-21(23)17-10-4-6-12-19(17)25-15-14-24-16-8-2-1-3-9-16/h1-4,6,8-10,12,20H,5,7,11,13-15H2. The number of carbonyl (C=O) groups excluding carboxylic acids is 2. The van der Waals surface area contributed by atoms with Gasteiger partial charge in [0.1, 0.15) is 30.3 Å². The summed E-state index contributed by atoms with van der Waals surface area (Å²) >= 11 is 0. The Balaban J connectivity index is 1.55. The van der Waals surface area contributed by atoms with Crippen LogP contribution in [0.2, 0.25) is 0 Å². The highest BCUT2D eigenvalue weighted by Crippen LogP contribution is 2.23. The molecule has 0 spiro atoms. The molecule has 136 valence electrons. The Kier molecular flexibility index (Phi) is 6.25. The van der Waals surface area contributed by atoms with E-state index in [0.717, 1.165) is 18.6 Å². The van der Waals surface area contributed by atoms with Gasteiger partial charge in [-0.15, -0.1) is 0 Å². The van der Waals surface area contributed by atoms with Gasteiger partial charge in [0.15, 0.2) is 11.9 Å². The van der Waals surface area contributed by atoms with Crippen LogP contribution in [0.5, 0.6) is 11.5 Å². The minimum absolute atomic E-state index is 0.000685. The first kappa shape index (κ1) is 18.0. The summed E-state index contributed by atoms with van der Waals surface area (Å²) in [5.41, 5.74) is 0.325. The second-order valence-electron chi connectivity index (χ2n) is 6.11. The molecule has 5 heteroatoms. The molecule has 0 N–H and O–H groups in total. The maximum atomic E-state index is 12.4. The molecule has 26 heavy (non-hydrogen) atoms. The molecular weight excluding hydrogens is 332 g/mol. The van der Waals surface area contributed by atoms with Crippen molar-refractivity contribution in [3.63, 3.8) is 0 Å². The summed E-state index contributed by atoms with van der Waals surface area (Å²) in [4.78, 5) is 24.3. The van der Waals surface area contributed by atoms with E-state index in [2.05, 4.69) is 0 Å². The predicted octanol–water partition coefficient (Wildman–Crippen LogP) is 3.81. The van der Waals surface area contributed by atoms with Crippen molar-refractivity contribution in [3.05, 3.63) is 60.2 Å². The van der Waals surface area contributed by atoms with Crippen molar-refractivity contribution in [2.45, 2.75) is 31.8 Å². The molecule has 1 unspecified atom stereocenters. The smallest absolute Gasteiger partial charge is 0.342 e. The van der Waals surface area contributed by atoms with Crippen LogP contribution in [-0.4, -0.2) is 31.1 Å². The fraction of sp³-hybridized carbons (Fsp3) is 0.333. The van der Waals surface area contributed by atoms with E-state index >= 15 is 0 Å². The number of ketones is 1. The van der Waals surface area contributed by atoms with Crippen LogP contribution >= 0.6 is 0 Å². The highest BCUT2D eigenvalue weighted by molar-refractivity contribution is 5.95. The molecule has 5 nitrogen and oxygen atoms in total. The first-order chi connectivity index (χ1) is 12.7. The fourth-order valence-electron chi connectivity index (χ4n) is 2.86. The lowest BCUT2D eigenvalue weighted by molar-refractivity contribution is -0.129. The summed E-state index contributed by atoms with van der Waals surface area (Å²) < 4.78 is 16.7. The first-order valence-corrected chi connectivity index (χ1v) is 8.87. The molecule has 0 saturated heterocycles. The molecule has 0 radical (unpaired) electrons. The lowest BCUT2D eigenvalue weighted by Gasteiger charge is -2.21. The normalized spacial score (nSPS) is 16.8. The van der Waals surface area contributed by atoms with E-state index in [4.69, 9.17) is 14.2 Å². The third kappa shape index (κ3) is 4.85. The highest BCUT2D eigenvalue weighted by Gasteiger charge is 2.27. The van der Waals surface area contributed by atoms with Gasteiger partial charge in [0, 0.05) is 6.42 Å². The van der Waals surface area contributed by atoms with Crippen LogP contribution in [0.1, 0.15) is 36.0 Å². The average Bonchev–Trinajstić information content (AvgIpc) is 2.68. The third-order valence-corrected chi connectivity index (χ3v) is 4.21. The van der Waals surface area contributed by atoms with Gasteiger partial charge in [-0.05, 0) is 43.5 Å². The van der Waals surface area contributed by atoms with Gasteiger partial charge < -0.3 is 14.2 Å². The van der Waals surface area contributed by atoms with E-state index in [1.54, 1.807) is 24.3 Å². The van der Waals surface area contributed by atoms with Gasteiger partial charge in [0.25, 0.3) is 0 Å². The van der Waals surface area contributed by atoms with Crippen LogP contribution in [0.15, 0.2) is 54.6 Å². The molecule has 2 aromatic rings. The number of para-hydroxylation sites is 2. The second-order valence-corrected chi connectivity index (χ2v) is 6.11. The molecule has 3 rings (SSSR count). The number of benzene rings is 2. The van der Waals surface area contributed by atoms with Gasteiger partial charge in [-0.3, -0.25) is 4.79 Å². The molecule has 1 saturated carbocycles. The summed E-state index contributed by atoms with van der Waals surface area (Å²) in [6.07, 6.45) is 2.21. The number of hydrogen-bond donors (Lipinski definition) is 0. The van der Waals surface area contributed by atoms with Crippen LogP contribution in [0.3, 0.4) is 0 Å². The largest absolute Gasteiger partial charge is 0.490 e. The topological polar surface area (TPSA) is 61.8 Å². The summed E-state index contributed by atoms with van der Waals surface area (Å²) in [5.74, 6) is 0.668. The number of rotatable bonds is 7. The maximum absolute atomic E-state index is 12.4. The molecule has 1 atom stereocenters. The van der Waals surface area contributed by atoms with E-state index in [1.807, 2.05) is 30.3 Å². The summed E-state index contributed by atoms with van der Waals surface area (Å²) in [6, 6.07) is 16.3. The van der Waals surface area contributed by atoms with Gasteiger partial charge in [0.2, 0.25) is 0 Å². The van der Waals surface area contributed by atoms with Crippen LogP contribution in [0.25, 0.3) is 0 Å². The van der Waals surface area contributed by atoms with Crippen LogP contribution < -0.4 is 9.47 Å². The lowest BCUT2D eigenvalue weighted by atomic mass is 9.96. The molecule has 0 aromatic heterocycles. The number of ether oxygens (including phenoxy) is 3. The van der Waals surface area contributed by atoms with Gasteiger partial charge in [-0.1, -0.05) is 30.3 Å². The van der Waals surface area contributed by atoms with E-state index < -0.39 is 12.1 Å². The molecule has 0 amide bonds. The zero-order chi connectivity index (χ0) is 18.2. The van der Waals surface area contributed by atoms with Crippen molar-refractivity contribution in [3.8, 4) is 11.5 Å². The molecule has 1 fully saturated rings. The molecule has 0 bridgehead atoms. The molecule has 1 aliphatic rings. The van der Waals surface area contributed by atoms with E-state index in [1.165, 1.54) is 0 Å². The van der Waals surface area contributed by atoms with Crippen molar-refractivity contribution in [2.24, 2.45) is 0 Å². The Bertz CT molecular complexity index is 741. The molecule has 2 aromatic carbocycles. The Hall–Kier alpha value is -2.82. The van der Waals surface area contributed by atoms with Gasteiger partial charge in [-0.2, -0.15) is 0 Å². The molecular formula is C21H22O5. The van der Waals surface area contributed by atoms with Gasteiger partial charge in [-0.25, -0.2) is 4.79 Å². The van der Waals surface area contributed by atoms with Crippen molar-refractivity contribution in [2.75, 3.05) is 13.2 Å². The van der Waals surface area contributed by atoms with Crippen molar-refractivity contribution >= 4 is 11.8 Å². The SMILES string of the molecule is O=C(OC1CCCCC1=O)c1ccccc1OCCOc1ccccc1. The Labute approximate surface area is 152 Å². The van der Waals surface area contributed by atoms with Gasteiger partial charge in [0.05, 0.1) is 0 Å². The number of Topliss-reactive ketones (excluding diaryl/α,β-unsaturated/α-hetero) is 1. The fourth-order valence-corrected chi connectivity index (χ4v) is 2.86. The van der Waals surface area contributed by atoms with Crippen LogP contribution in [-0.2, 0) is 9.53 Å². The maximum Gasteiger partial charge on any atom is 0.342 e. The Morgan fingerprint density at radius 3 is 2.46 bits per heavy atom. The Morgan fingerprint density at radius 1 is 0.923 bits per heavy atom. The predicted molar refractivity (Wildman–Crippen MR) is 96.6 cm³/mol.